The van der Waals surface area contributed by atoms with Crippen LogP contribution in [-0.2, 0) is 4.74 Å². The van der Waals surface area contributed by atoms with E-state index < -0.39 is 0 Å². The SMILES string of the molecule is Cc1cc[nH]c1C(=O)NC[C@@H]1CCCO[C@H]1c1ccn[nH]1. The lowest BCUT2D eigenvalue weighted by atomic mass is 9.92. The van der Waals surface area contributed by atoms with Crippen molar-refractivity contribution < 1.29 is 9.53 Å². The Morgan fingerprint density at radius 2 is 2.43 bits per heavy atom. The summed E-state index contributed by atoms with van der Waals surface area (Å²) in [5.74, 6) is 0.199. The summed E-state index contributed by atoms with van der Waals surface area (Å²) in [5.41, 5.74) is 2.56. The maximum absolute atomic E-state index is 12.2. The van der Waals surface area contributed by atoms with Gasteiger partial charge in [-0.15, -0.1) is 0 Å². The van der Waals surface area contributed by atoms with Crippen LogP contribution in [0, 0.1) is 12.8 Å². The third kappa shape index (κ3) is 3.00. The normalized spacial score (nSPS) is 22.1. The molecule has 0 spiro atoms. The molecule has 2 aromatic heterocycles. The third-order valence-corrected chi connectivity index (χ3v) is 3.98. The summed E-state index contributed by atoms with van der Waals surface area (Å²) in [6, 6.07) is 3.83. The van der Waals surface area contributed by atoms with Crippen molar-refractivity contribution in [3.8, 4) is 0 Å². The minimum Gasteiger partial charge on any atom is -0.372 e. The van der Waals surface area contributed by atoms with Gasteiger partial charge in [-0.05, 0) is 37.5 Å². The van der Waals surface area contributed by atoms with Gasteiger partial charge in [0.1, 0.15) is 11.8 Å². The Balaban J connectivity index is 1.63. The van der Waals surface area contributed by atoms with E-state index in [0.717, 1.165) is 30.7 Å². The minimum atomic E-state index is -0.0635. The van der Waals surface area contributed by atoms with Crippen LogP contribution in [0.5, 0.6) is 0 Å². The van der Waals surface area contributed by atoms with E-state index in [-0.39, 0.29) is 17.9 Å². The molecule has 0 aliphatic carbocycles. The molecular weight excluding hydrogens is 268 g/mol. The van der Waals surface area contributed by atoms with Crippen LogP contribution in [0.15, 0.2) is 24.5 Å². The standard InChI is InChI=1S/C15H20N4O2/c1-10-4-6-16-13(10)15(20)17-9-11-3-2-8-21-14(11)12-5-7-18-19-12/h4-7,11,14,16H,2-3,8-9H2,1H3,(H,17,20)(H,18,19)/t11-,14+/m0/s1. The lowest BCUT2D eigenvalue weighted by Gasteiger charge is -2.31. The zero-order valence-corrected chi connectivity index (χ0v) is 12.1. The van der Waals surface area contributed by atoms with Crippen LogP contribution in [0.2, 0.25) is 0 Å². The first-order chi connectivity index (χ1) is 10.3. The molecule has 0 aromatic carbocycles. The molecule has 1 saturated heterocycles. The number of hydrogen-bond donors (Lipinski definition) is 3. The van der Waals surface area contributed by atoms with Crippen molar-refractivity contribution in [1.82, 2.24) is 20.5 Å². The van der Waals surface area contributed by atoms with Crippen LogP contribution >= 0.6 is 0 Å². The van der Waals surface area contributed by atoms with Gasteiger partial charge in [0.2, 0.25) is 0 Å². The van der Waals surface area contributed by atoms with Crippen LogP contribution in [0.3, 0.4) is 0 Å². The van der Waals surface area contributed by atoms with Gasteiger partial charge in [-0.3, -0.25) is 9.89 Å². The Hall–Kier alpha value is -2.08. The number of ether oxygens (including phenoxy) is 1. The highest BCUT2D eigenvalue weighted by atomic mass is 16.5. The predicted octanol–water partition coefficient (Wildman–Crippen LogP) is 1.94. The van der Waals surface area contributed by atoms with E-state index >= 15 is 0 Å². The highest BCUT2D eigenvalue weighted by Gasteiger charge is 2.29. The summed E-state index contributed by atoms with van der Waals surface area (Å²) in [6.45, 7) is 3.27. The molecule has 6 nitrogen and oxygen atoms in total. The topological polar surface area (TPSA) is 82.8 Å². The van der Waals surface area contributed by atoms with E-state index in [9.17, 15) is 4.79 Å². The third-order valence-electron chi connectivity index (χ3n) is 3.98. The molecule has 0 unspecified atom stereocenters. The largest absolute Gasteiger partial charge is 0.372 e. The second-order valence-electron chi connectivity index (χ2n) is 5.45. The maximum Gasteiger partial charge on any atom is 0.267 e. The molecule has 1 fully saturated rings. The number of aryl methyl sites for hydroxylation is 1. The van der Waals surface area contributed by atoms with E-state index in [4.69, 9.17) is 4.74 Å². The molecule has 3 N–H and O–H groups in total. The molecule has 1 aliphatic rings. The second-order valence-corrected chi connectivity index (χ2v) is 5.45. The molecular formula is C15H20N4O2. The monoisotopic (exact) mass is 288 g/mol. The highest BCUT2D eigenvalue weighted by molar-refractivity contribution is 5.93. The number of carbonyl (C=O) groups excluding carboxylic acids is 1. The van der Waals surface area contributed by atoms with Crippen LogP contribution in [0.4, 0.5) is 0 Å². The van der Waals surface area contributed by atoms with Gasteiger partial charge in [-0.25, -0.2) is 0 Å². The van der Waals surface area contributed by atoms with Gasteiger partial charge in [0, 0.05) is 31.5 Å². The zero-order valence-electron chi connectivity index (χ0n) is 12.1. The van der Waals surface area contributed by atoms with E-state index in [1.54, 1.807) is 12.4 Å². The fourth-order valence-corrected chi connectivity index (χ4v) is 2.83. The van der Waals surface area contributed by atoms with Crippen LogP contribution in [0.1, 0.15) is 40.7 Å². The number of aromatic nitrogens is 3. The maximum atomic E-state index is 12.2. The summed E-state index contributed by atoms with van der Waals surface area (Å²) in [5, 5.41) is 9.95. The van der Waals surface area contributed by atoms with E-state index in [2.05, 4.69) is 20.5 Å². The average molecular weight is 288 g/mol. The van der Waals surface area contributed by atoms with Gasteiger partial charge in [-0.1, -0.05) is 0 Å². The summed E-state index contributed by atoms with van der Waals surface area (Å²) in [7, 11) is 0. The number of rotatable bonds is 4. The number of hydrogen-bond acceptors (Lipinski definition) is 3. The summed E-state index contributed by atoms with van der Waals surface area (Å²) in [6.07, 6.45) is 5.54. The molecule has 0 radical (unpaired) electrons. The summed E-state index contributed by atoms with van der Waals surface area (Å²) >= 11 is 0. The lowest BCUT2D eigenvalue weighted by molar-refractivity contribution is -0.0297. The molecule has 2 atom stereocenters. The predicted molar refractivity (Wildman–Crippen MR) is 77.9 cm³/mol. The molecule has 0 bridgehead atoms. The van der Waals surface area contributed by atoms with Gasteiger partial charge in [0.05, 0.1) is 5.69 Å². The van der Waals surface area contributed by atoms with Crippen molar-refractivity contribution in [2.24, 2.45) is 5.92 Å². The lowest BCUT2D eigenvalue weighted by Crippen LogP contribution is -2.35. The Morgan fingerprint density at radius 1 is 1.52 bits per heavy atom. The van der Waals surface area contributed by atoms with Crippen molar-refractivity contribution in [2.75, 3.05) is 13.2 Å². The second kappa shape index (κ2) is 6.13. The molecule has 2 aromatic rings. The van der Waals surface area contributed by atoms with Crippen LogP contribution in [0.25, 0.3) is 0 Å². The molecule has 1 aliphatic heterocycles. The van der Waals surface area contributed by atoms with Gasteiger partial charge in [0.15, 0.2) is 0 Å². The van der Waals surface area contributed by atoms with Crippen LogP contribution < -0.4 is 5.32 Å². The number of nitrogens with one attached hydrogen (secondary N) is 3. The Morgan fingerprint density at radius 3 is 3.14 bits per heavy atom. The molecule has 3 heterocycles. The smallest absolute Gasteiger partial charge is 0.267 e. The van der Waals surface area contributed by atoms with E-state index in [1.807, 2.05) is 19.1 Å². The highest BCUT2D eigenvalue weighted by Crippen LogP contribution is 2.31. The van der Waals surface area contributed by atoms with Gasteiger partial charge in [0.25, 0.3) is 5.91 Å². The Labute approximate surface area is 123 Å². The number of amides is 1. The number of nitrogens with zero attached hydrogens (tertiary/aromatic N) is 1. The van der Waals surface area contributed by atoms with Crippen molar-refractivity contribution in [2.45, 2.75) is 25.9 Å². The first kappa shape index (κ1) is 13.9. The van der Waals surface area contributed by atoms with Crippen molar-refractivity contribution in [1.29, 1.82) is 0 Å². The van der Waals surface area contributed by atoms with Gasteiger partial charge in [-0.2, -0.15) is 5.10 Å². The molecule has 1 amide bonds. The fraction of sp³-hybridized carbons (Fsp3) is 0.467. The van der Waals surface area contributed by atoms with Gasteiger partial charge < -0.3 is 15.0 Å². The van der Waals surface area contributed by atoms with E-state index in [0.29, 0.717) is 12.2 Å². The minimum absolute atomic E-state index is 0.0220. The quantitative estimate of drug-likeness (QED) is 0.804. The van der Waals surface area contributed by atoms with Crippen LogP contribution in [-0.4, -0.2) is 34.2 Å². The van der Waals surface area contributed by atoms with Crippen molar-refractivity contribution >= 4 is 5.91 Å². The average Bonchev–Trinajstić information content (AvgIpc) is 3.16. The molecule has 3 rings (SSSR count). The number of aromatic amines is 2. The molecule has 6 heteroatoms. The zero-order chi connectivity index (χ0) is 14.7. The number of carbonyl (C=O) groups is 1. The Kier molecular flexibility index (Phi) is 4.06. The number of H-pyrrole nitrogens is 2. The first-order valence-electron chi connectivity index (χ1n) is 7.29. The first-order valence-corrected chi connectivity index (χ1v) is 7.29. The van der Waals surface area contributed by atoms with Crippen molar-refractivity contribution in [3.63, 3.8) is 0 Å². The Bertz CT molecular complexity index is 591. The van der Waals surface area contributed by atoms with Gasteiger partial charge >= 0.3 is 0 Å². The molecule has 0 saturated carbocycles. The molecule has 112 valence electrons. The summed E-state index contributed by atoms with van der Waals surface area (Å²) in [4.78, 5) is 15.1. The van der Waals surface area contributed by atoms with Crippen molar-refractivity contribution in [3.05, 3.63) is 41.5 Å². The summed E-state index contributed by atoms with van der Waals surface area (Å²) < 4.78 is 5.85. The van der Waals surface area contributed by atoms with E-state index in [1.165, 1.54) is 0 Å². The fourth-order valence-electron chi connectivity index (χ4n) is 2.83. The molecule has 21 heavy (non-hydrogen) atoms.